The number of nitrogens with two attached hydrogens (primary N) is 1. The number of carbonyl (C=O) groups is 1. The van der Waals surface area contributed by atoms with Crippen molar-refractivity contribution < 1.29 is 4.79 Å². The number of amides is 2. The van der Waals surface area contributed by atoms with E-state index < -0.39 is 0 Å². The number of urea groups is 1. The first kappa shape index (κ1) is 19.3. The molecule has 0 spiro atoms. The van der Waals surface area contributed by atoms with Gasteiger partial charge in [-0.1, -0.05) is 54.6 Å². The van der Waals surface area contributed by atoms with Crippen LogP contribution in [0.15, 0.2) is 79.1 Å². The Hall–Kier alpha value is -3.64. The van der Waals surface area contributed by atoms with Gasteiger partial charge in [0.1, 0.15) is 5.65 Å². The highest BCUT2D eigenvalue weighted by Crippen LogP contribution is 2.25. The molecule has 4 aromatic rings. The van der Waals surface area contributed by atoms with Crippen molar-refractivity contribution in [2.45, 2.75) is 6.54 Å². The maximum atomic E-state index is 11.3. The van der Waals surface area contributed by atoms with Gasteiger partial charge in [0.15, 0.2) is 0 Å². The van der Waals surface area contributed by atoms with E-state index in [1.807, 2.05) is 24.4 Å². The lowest BCUT2D eigenvalue weighted by Gasteiger charge is -2.33. The normalized spacial score (nSPS) is 14.8. The number of piperazine rings is 1. The Morgan fingerprint density at radius 3 is 2.32 bits per heavy atom. The molecule has 0 saturated carbocycles. The van der Waals surface area contributed by atoms with Crippen molar-refractivity contribution >= 4 is 11.7 Å². The molecule has 6 heteroatoms. The van der Waals surface area contributed by atoms with E-state index in [9.17, 15) is 4.79 Å². The Labute approximate surface area is 181 Å². The first-order chi connectivity index (χ1) is 15.2. The van der Waals surface area contributed by atoms with Crippen LogP contribution in [0.25, 0.3) is 28.0 Å². The number of rotatable bonds is 4. The van der Waals surface area contributed by atoms with Crippen molar-refractivity contribution in [2.24, 2.45) is 5.73 Å². The summed E-state index contributed by atoms with van der Waals surface area (Å²) in [6.45, 7) is 3.98. The quantitative estimate of drug-likeness (QED) is 0.554. The van der Waals surface area contributed by atoms with Gasteiger partial charge in [-0.15, -0.1) is 0 Å². The molecule has 1 aliphatic rings. The van der Waals surface area contributed by atoms with Crippen molar-refractivity contribution in [1.82, 2.24) is 19.2 Å². The molecule has 0 bridgehead atoms. The second-order valence-electron chi connectivity index (χ2n) is 7.95. The van der Waals surface area contributed by atoms with Gasteiger partial charge < -0.3 is 10.6 Å². The molecule has 1 fully saturated rings. The molecule has 31 heavy (non-hydrogen) atoms. The number of imidazole rings is 1. The molecule has 0 atom stereocenters. The van der Waals surface area contributed by atoms with E-state index in [4.69, 9.17) is 5.73 Å². The van der Waals surface area contributed by atoms with E-state index in [0.29, 0.717) is 13.1 Å². The maximum Gasteiger partial charge on any atom is 0.314 e. The van der Waals surface area contributed by atoms with Crippen molar-refractivity contribution in [2.75, 3.05) is 26.2 Å². The zero-order valence-electron chi connectivity index (χ0n) is 17.3. The first-order valence-corrected chi connectivity index (χ1v) is 10.6. The topological polar surface area (TPSA) is 66.9 Å². The minimum Gasteiger partial charge on any atom is -0.351 e. The number of carbonyl (C=O) groups excluding carboxylic acids is 1. The van der Waals surface area contributed by atoms with Crippen LogP contribution >= 0.6 is 0 Å². The number of nitrogens with zero attached hydrogens (tertiary/aromatic N) is 4. The Bertz CT molecular complexity index is 1190. The molecule has 2 aromatic heterocycles. The Morgan fingerprint density at radius 2 is 1.61 bits per heavy atom. The van der Waals surface area contributed by atoms with Crippen molar-refractivity contribution in [1.29, 1.82) is 0 Å². The lowest BCUT2D eigenvalue weighted by molar-refractivity contribution is 0.140. The minimum atomic E-state index is -0.325. The summed E-state index contributed by atoms with van der Waals surface area (Å²) in [6.07, 6.45) is 4.02. The van der Waals surface area contributed by atoms with Crippen LogP contribution in [0.1, 0.15) is 5.56 Å². The molecule has 6 nitrogen and oxygen atoms in total. The average Bonchev–Trinajstić information content (AvgIpc) is 3.24. The Balaban J connectivity index is 1.30. The van der Waals surface area contributed by atoms with E-state index in [0.717, 1.165) is 42.1 Å². The van der Waals surface area contributed by atoms with Crippen LogP contribution in [-0.2, 0) is 6.54 Å². The van der Waals surface area contributed by atoms with Crippen LogP contribution in [-0.4, -0.2) is 51.4 Å². The van der Waals surface area contributed by atoms with Gasteiger partial charge in [-0.3, -0.25) is 9.30 Å². The van der Waals surface area contributed by atoms with E-state index in [2.05, 4.69) is 69.0 Å². The van der Waals surface area contributed by atoms with Crippen molar-refractivity contribution in [3.63, 3.8) is 0 Å². The summed E-state index contributed by atoms with van der Waals surface area (Å²) in [7, 11) is 0. The van der Waals surface area contributed by atoms with Gasteiger partial charge >= 0.3 is 6.03 Å². The fourth-order valence-corrected chi connectivity index (χ4v) is 4.17. The summed E-state index contributed by atoms with van der Waals surface area (Å²) in [5.74, 6) is 0. The Morgan fingerprint density at radius 1 is 0.871 bits per heavy atom. The summed E-state index contributed by atoms with van der Waals surface area (Å²) < 4.78 is 2.12. The highest BCUT2D eigenvalue weighted by Gasteiger charge is 2.19. The lowest BCUT2D eigenvalue weighted by atomic mass is 10.0. The second-order valence-corrected chi connectivity index (χ2v) is 7.95. The summed E-state index contributed by atoms with van der Waals surface area (Å²) in [5, 5.41) is 0. The third-order valence-corrected chi connectivity index (χ3v) is 5.96. The molecule has 156 valence electrons. The number of hydrogen-bond donors (Lipinski definition) is 1. The van der Waals surface area contributed by atoms with E-state index in [1.54, 1.807) is 4.90 Å². The third kappa shape index (κ3) is 4.02. The molecule has 1 saturated heterocycles. The highest BCUT2D eigenvalue weighted by molar-refractivity contribution is 5.72. The number of hydrogen-bond acceptors (Lipinski definition) is 3. The van der Waals surface area contributed by atoms with Gasteiger partial charge in [-0.25, -0.2) is 9.78 Å². The van der Waals surface area contributed by atoms with Gasteiger partial charge in [0, 0.05) is 44.5 Å². The van der Waals surface area contributed by atoms with Crippen LogP contribution < -0.4 is 5.73 Å². The van der Waals surface area contributed by atoms with Crippen LogP contribution in [0.3, 0.4) is 0 Å². The molecular formula is C25H25N5O. The maximum absolute atomic E-state index is 11.3. The van der Waals surface area contributed by atoms with Crippen LogP contribution in [0.2, 0.25) is 0 Å². The molecule has 2 aromatic carbocycles. The van der Waals surface area contributed by atoms with Gasteiger partial charge in [0.2, 0.25) is 0 Å². The molecule has 0 unspecified atom stereocenters. The summed E-state index contributed by atoms with van der Waals surface area (Å²) in [6, 6.07) is 23.0. The van der Waals surface area contributed by atoms with Crippen molar-refractivity contribution in [3.05, 3.63) is 84.7 Å². The summed E-state index contributed by atoms with van der Waals surface area (Å²) in [5.41, 5.74) is 12.1. The second kappa shape index (κ2) is 8.24. The summed E-state index contributed by atoms with van der Waals surface area (Å²) >= 11 is 0. The van der Waals surface area contributed by atoms with Crippen LogP contribution in [0.4, 0.5) is 4.79 Å². The van der Waals surface area contributed by atoms with E-state index >= 15 is 0 Å². The molecule has 2 amide bonds. The van der Waals surface area contributed by atoms with Crippen LogP contribution in [0, 0.1) is 0 Å². The Kier molecular flexibility index (Phi) is 5.14. The van der Waals surface area contributed by atoms with Gasteiger partial charge in [0.25, 0.3) is 0 Å². The van der Waals surface area contributed by atoms with E-state index in [-0.39, 0.29) is 6.03 Å². The van der Waals surface area contributed by atoms with Crippen LogP contribution in [0.5, 0.6) is 0 Å². The van der Waals surface area contributed by atoms with Gasteiger partial charge in [-0.05, 0) is 28.8 Å². The highest BCUT2D eigenvalue weighted by atomic mass is 16.2. The third-order valence-electron chi connectivity index (χ3n) is 5.96. The smallest absolute Gasteiger partial charge is 0.314 e. The number of fused-ring (bicyclic) bond motifs is 1. The monoisotopic (exact) mass is 411 g/mol. The predicted octanol–water partition coefficient (Wildman–Crippen LogP) is 3.86. The molecule has 0 radical (unpaired) electrons. The number of pyridine rings is 1. The molecule has 0 aliphatic carbocycles. The average molecular weight is 412 g/mol. The number of primary amides is 1. The number of benzene rings is 2. The predicted molar refractivity (Wildman–Crippen MR) is 122 cm³/mol. The first-order valence-electron chi connectivity index (χ1n) is 10.6. The molecule has 2 N–H and O–H groups in total. The van der Waals surface area contributed by atoms with Gasteiger partial charge in [-0.2, -0.15) is 0 Å². The van der Waals surface area contributed by atoms with Gasteiger partial charge in [0.05, 0.1) is 11.9 Å². The lowest BCUT2D eigenvalue weighted by Crippen LogP contribution is -2.50. The van der Waals surface area contributed by atoms with E-state index in [1.165, 1.54) is 11.1 Å². The SMILES string of the molecule is NC(=O)N1CCN(Cc2ccc(-c3ccn4c(-c5ccccc5)cnc4c3)cc2)CC1. The molecular weight excluding hydrogens is 386 g/mol. The number of aromatic nitrogens is 2. The molecule has 5 rings (SSSR count). The zero-order chi connectivity index (χ0) is 21.2. The fourth-order valence-electron chi connectivity index (χ4n) is 4.17. The largest absolute Gasteiger partial charge is 0.351 e. The molecule has 1 aliphatic heterocycles. The standard InChI is InChI=1S/C25H25N5O/c26-25(31)29-14-12-28(13-15-29)18-19-6-8-20(9-7-19)22-10-11-30-23(17-27-24(30)16-22)21-4-2-1-3-5-21/h1-11,16-17H,12-15,18H2,(H2,26,31). The fraction of sp³-hybridized carbons (Fsp3) is 0.200. The minimum absolute atomic E-state index is 0.325. The zero-order valence-corrected chi connectivity index (χ0v) is 17.3. The molecule has 3 heterocycles. The summed E-state index contributed by atoms with van der Waals surface area (Å²) in [4.78, 5) is 19.9. The van der Waals surface area contributed by atoms with Crippen molar-refractivity contribution in [3.8, 4) is 22.4 Å².